The topological polar surface area (TPSA) is 38.8 Å². The molecule has 0 saturated carbocycles. The average Bonchev–Trinajstić information content (AvgIpc) is 2.31. The second kappa shape index (κ2) is 6.80. The van der Waals surface area contributed by atoms with E-state index in [9.17, 15) is 4.79 Å². The lowest BCUT2D eigenvalue weighted by molar-refractivity contribution is -0.142. The van der Waals surface area contributed by atoms with Crippen molar-refractivity contribution in [1.29, 1.82) is 0 Å². The number of ether oxygens (including phenoxy) is 2. The molecule has 4 nitrogen and oxygen atoms in total. The van der Waals surface area contributed by atoms with Gasteiger partial charge >= 0.3 is 0 Å². The third kappa shape index (κ3) is 4.18. The molecule has 0 radical (unpaired) electrons. The minimum absolute atomic E-state index is 0.0881. The van der Waals surface area contributed by atoms with Crippen molar-refractivity contribution in [2.45, 2.75) is 32.8 Å². The van der Waals surface area contributed by atoms with Gasteiger partial charge in [0, 0.05) is 13.1 Å². The van der Waals surface area contributed by atoms with Gasteiger partial charge in [-0.05, 0) is 12.8 Å². The van der Waals surface area contributed by atoms with Crippen LogP contribution in [0.2, 0.25) is 0 Å². The first-order valence-electron chi connectivity index (χ1n) is 5.75. The van der Waals surface area contributed by atoms with Gasteiger partial charge in [-0.3, -0.25) is 4.79 Å². The van der Waals surface area contributed by atoms with Crippen molar-refractivity contribution >= 4 is 5.91 Å². The van der Waals surface area contributed by atoms with Crippen molar-refractivity contribution < 1.29 is 14.3 Å². The molecule has 4 heteroatoms. The zero-order valence-corrected chi connectivity index (χ0v) is 9.70. The van der Waals surface area contributed by atoms with Gasteiger partial charge in [0.15, 0.2) is 0 Å². The molecule has 88 valence electrons. The standard InChI is InChI=1S/C11H21NO3/c1-3-10(4-2)15-9-11(13)12-5-7-14-8-6-12/h10H,3-9H2,1-2H3. The summed E-state index contributed by atoms with van der Waals surface area (Å²) in [5.74, 6) is 0.0881. The zero-order valence-electron chi connectivity index (χ0n) is 9.70. The minimum Gasteiger partial charge on any atom is -0.378 e. The first kappa shape index (κ1) is 12.5. The van der Waals surface area contributed by atoms with Crippen LogP contribution in [-0.2, 0) is 14.3 Å². The Hall–Kier alpha value is -0.610. The Morgan fingerprint density at radius 1 is 1.33 bits per heavy atom. The Labute approximate surface area is 91.5 Å². The summed E-state index contributed by atoms with van der Waals surface area (Å²) in [5.41, 5.74) is 0. The molecule has 0 atom stereocenters. The number of morpholine rings is 1. The average molecular weight is 215 g/mol. The molecule has 0 aromatic heterocycles. The van der Waals surface area contributed by atoms with E-state index in [1.54, 1.807) is 0 Å². The van der Waals surface area contributed by atoms with Gasteiger partial charge < -0.3 is 14.4 Å². The summed E-state index contributed by atoms with van der Waals surface area (Å²) in [7, 11) is 0. The maximum atomic E-state index is 11.7. The van der Waals surface area contributed by atoms with Crippen molar-refractivity contribution in [3.8, 4) is 0 Å². The zero-order chi connectivity index (χ0) is 11.1. The number of carbonyl (C=O) groups is 1. The molecule has 15 heavy (non-hydrogen) atoms. The van der Waals surface area contributed by atoms with Crippen LogP contribution < -0.4 is 0 Å². The Kier molecular flexibility index (Phi) is 5.65. The third-order valence-corrected chi connectivity index (χ3v) is 2.72. The number of amides is 1. The maximum Gasteiger partial charge on any atom is 0.248 e. The van der Waals surface area contributed by atoms with Gasteiger partial charge in [0.1, 0.15) is 6.61 Å². The normalized spacial score (nSPS) is 17.1. The van der Waals surface area contributed by atoms with Gasteiger partial charge in [0.05, 0.1) is 19.3 Å². The van der Waals surface area contributed by atoms with E-state index in [-0.39, 0.29) is 18.6 Å². The van der Waals surface area contributed by atoms with E-state index in [2.05, 4.69) is 13.8 Å². The molecule has 0 aliphatic carbocycles. The molecule has 1 aliphatic heterocycles. The van der Waals surface area contributed by atoms with Gasteiger partial charge in [-0.2, -0.15) is 0 Å². The molecular weight excluding hydrogens is 194 g/mol. The highest BCUT2D eigenvalue weighted by molar-refractivity contribution is 5.77. The molecule has 1 aliphatic rings. The fourth-order valence-electron chi connectivity index (χ4n) is 1.62. The summed E-state index contributed by atoms with van der Waals surface area (Å²) < 4.78 is 10.7. The Bertz CT molecular complexity index is 186. The van der Waals surface area contributed by atoms with E-state index in [4.69, 9.17) is 9.47 Å². The van der Waals surface area contributed by atoms with Crippen LogP contribution in [0.15, 0.2) is 0 Å². The van der Waals surface area contributed by atoms with Crippen LogP contribution >= 0.6 is 0 Å². The number of rotatable bonds is 5. The van der Waals surface area contributed by atoms with E-state index in [1.807, 2.05) is 4.90 Å². The first-order chi connectivity index (χ1) is 7.27. The molecule has 1 amide bonds. The molecule has 0 bridgehead atoms. The van der Waals surface area contributed by atoms with Crippen LogP contribution in [0.5, 0.6) is 0 Å². The Morgan fingerprint density at radius 2 is 1.93 bits per heavy atom. The Balaban J connectivity index is 2.22. The quantitative estimate of drug-likeness (QED) is 0.688. The maximum absolute atomic E-state index is 11.7. The summed E-state index contributed by atoms with van der Waals surface area (Å²) in [6.45, 7) is 7.07. The lowest BCUT2D eigenvalue weighted by atomic mass is 10.2. The second-order valence-corrected chi connectivity index (χ2v) is 3.74. The third-order valence-electron chi connectivity index (χ3n) is 2.72. The lowest BCUT2D eigenvalue weighted by Gasteiger charge is -2.27. The summed E-state index contributed by atoms with van der Waals surface area (Å²) >= 11 is 0. The predicted octanol–water partition coefficient (Wildman–Crippen LogP) is 1.05. The highest BCUT2D eigenvalue weighted by Gasteiger charge is 2.17. The van der Waals surface area contributed by atoms with Gasteiger partial charge in [-0.15, -0.1) is 0 Å². The molecule has 0 aromatic carbocycles. The molecule has 0 N–H and O–H groups in total. The van der Waals surface area contributed by atoms with Crippen LogP contribution in [-0.4, -0.2) is 49.8 Å². The fourth-order valence-corrected chi connectivity index (χ4v) is 1.62. The Morgan fingerprint density at radius 3 is 2.47 bits per heavy atom. The molecule has 1 saturated heterocycles. The summed E-state index contributed by atoms with van der Waals surface area (Å²) in [6.07, 6.45) is 2.15. The number of nitrogens with zero attached hydrogens (tertiary/aromatic N) is 1. The number of carbonyl (C=O) groups excluding carboxylic acids is 1. The van der Waals surface area contributed by atoms with Crippen molar-refractivity contribution in [2.24, 2.45) is 0 Å². The first-order valence-corrected chi connectivity index (χ1v) is 5.75. The van der Waals surface area contributed by atoms with Crippen LogP contribution in [0.1, 0.15) is 26.7 Å². The highest BCUT2D eigenvalue weighted by atomic mass is 16.5. The SMILES string of the molecule is CCC(CC)OCC(=O)N1CCOCC1. The molecule has 0 spiro atoms. The molecule has 0 aromatic rings. The fraction of sp³-hybridized carbons (Fsp3) is 0.909. The lowest BCUT2D eigenvalue weighted by Crippen LogP contribution is -2.42. The largest absolute Gasteiger partial charge is 0.378 e. The number of hydrogen-bond donors (Lipinski definition) is 0. The van der Waals surface area contributed by atoms with Gasteiger partial charge in [0.2, 0.25) is 5.91 Å². The van der Waals surface area contributed by atoms with Crippen molar-refractivity contribution in [2.75, 3.05) is 32.9 Å². The minimum atomic E-state index is 0.0881. The van der Waals surface area contributed by atoms with Gasteiger partial charge in [-0.25, -0.2) is 0 Å². The van der Waals surface area contributed by atoms with Crippen LogP contribution in [0.25, 0.3) is 0 Å². The molecule has 1 rings (SSSR count). The van der Waals surface area contributed by atoms with Gasteiger partial charge in [-0.1, -0.05) is 13.8 Å². The number of hydrogen-bond acceptors (Lipinski definition) is 3. The van der Waals surface area contributed by atoms with Crippen LogP contribution in [0, 0.1) is 0 Å². The summed E-state index contributed by atoms with van der Waals surface area (Å²) in [5, 5.41) is 0. The van der Waals surface area contributed by atoms with Crippen molar-refractivity contribution in [3.05, 3.63) is 0 Å². The van der Waals surface area contributed by atoms with E-state index < -0.39 is 0 Å². The van der Waals surface area contributed by atoms with Crippen LogP contribution in [0.4, 0.5) is 0 Å². The summed E-state index contributed by atoms with van der Waals surface area (Å²) in [4.78, 5) is 13.5. The molecule has 1 heterocycles. The smallest absolute Gasteiger partial charge is 0.248 e. The van der Waals surface area contributed by atoms with E-state index in [1.165, 1.54) is 0 Å². The van der Waals surface area contributed by atoms with E-state index >= 15 is 0 Å². The monoisotopic (exact) mass is 215 g/mol. The summed E-state index contributed by atoms with van der Waals surface area (Å²) in [6, 6.07) is 0. The predicted molar refractivity (Wildman–Crippen MR) is 57.7 cm³/mol. The molecule has 1 fully saturated rings. The molecular formula is C11H21NO3. The highest BCUT2D eigenvalue weighted by Crippen LogP contribution is 2.04. The van der Waals surface area contributed by atoms with Gasteiger partial charge in [0.25, 0.3) is 0 Å². The van der Waals surface area contributed by atoms with E-state index in [0.717, 1.165) is 12.8 Å². The molecule has 0 unspecified atom stereocenters. The van der Waals surface area contributed by atoms with E-state index in [0.29, 0.717) is 26.3 Å². The van der Waals surface area contributed by atoms with Crippen molar-refractivity contribution in [3.63, 3.8) is 0 Å². The van der Waals surface area contributed by atoms with Crippen molar-refractivity contribution in [1.82, 2.24) is 4.90 Å². The van der Waals surface area contributed by atoms with Crippen LogP contribution in [0.3, 0.4) is 0 Å². The second-order valence-electron chi connectivity index (χ2n) is 3.74.